The Labute approximate surface area is 130 Å². The smallest absolute Gasteiger partial charge is 0.224 e. The summed E-state index contributed by atoms with van der Waals surface area (Å²) in [6, 6.07) is 9.05. The number of nitriles is 1. The molecular formula is C17H22N2O3. The van der Waals surface area contributed by atoms with Crippen LogP contribution in [0.4, 0.5) is 0 Å². The van der Waals surface area contributed by atoms with Crippen LogP contribution >= 0.6 is 0 Å². The van der Waals surface area contributed by atoms with Crippen LogP contribution in [-0.4, -0.2) is 29.8 Å². The van der Waals surface area contributed by atoms with Gasteiger partial charge in [-0.15, -0.1) is 0 Å². The molecule has 0 atom stereocenters. The van der Waals surface area contributed by atoms with Crippen LogP contribution in [-0.2, 0) is 11.2 Å². The molecule has 1 aliphatic rings. The average molecular weight is 302 g/mol. The Morgan fingerprint density at radius 2 is 2.14 bits per heavy atom. The molecule has 1 aliphatic carbocycles. The fourth-order valence-electron chi connectivity index (χ4n) is 2.76. The van der Waals surface area contributed by atoms with Gasteiger partial charge in [0.25, 0.3) is 0 Å². The van der Waals surface area contributed by atoms with E-state index < -0.39 is 5.60 Å². The van der Waals surface area contributed by atoms with Crippen molar-refractivity contribution in [3.63, 3.8) is 0 Å². The van der Waals surface area contributed by atoms with Gasteiger partial charge in [0.05, 0.1) is 12.0 Å². The van der Waals surface area contributed by atoms with E-state index in [4.69, 9.17) is 10.00 Å². The number of hydrogen-bond acceptors (Lipinski definition) is 4. The molecule has 5 heteroatoms. The summed E-state index contributed by atoms with van der Waals surface area (Å²) in [7, 11) is 0. The van der Waals surface area contributed by atoms with Gasteiger partial charge in [-0.3, -0.25) is 4.79 Å². The van der Waals surface area contributed by atoms with Crippen LogP contribution in [0.25, 0.3) is 0 Å². The summed E-state index contributed by atoms with van der Waals surface area (Å²) in [6.07, 6.45) is 4.94. The van der Waals surface area contributed by atoms with Gasteiger partial charge in [0.2, 0.25) is 5.91 Å². The molecule has 118 valence electrons. The molecule has 2 rings (SSSR count). The van der Waals surface area contributed by atoms with Crippen LogP contribution in [0.1, 0.15) is 37.7 Å². The van der Waals surface area contributed by atoms with Gasteiger partial charge >= 0.3 is 0 Å². The molecule has 0 spiro atoms. The highest BCUT2D eigenvalue weighted by Gasteiger charge is 2.29. The number of nitrogens with one attached hydrogen (secondary N) is 1. The number of amides is 1. The largest absolute Gasteiger partial charge is 0.479 e. The lowest BCUT2D eigenvalue weighted by Gasteiger charge is -2.32. The number of hydrogen-bond donors (Lipinski definition) is 2. The minimum absolute atomic E-state index is 0.0112. The van der Waals surface area contributed by atoms with Crippen molar-refractivity contribution in [3.8, 4) is 11.8 Å². The third kappa shape index (κ3) is 5.05. The van der Waals surface area contributed by atoms with E-state index in [0.29, 0.717) is 12.3 Å². The Kier molecular flexibility index (Phi) is 5.79. The maximum atomic E-state index is 12.0. The molecule has 5 nitrogen and oxygen atoms in total. The van der Waals surface area contributed by atoms with Gasteiger partial charge in [-0.2, -0.15) is 5.26 Å². The minimum atomic E-state index is -0.744. The summed E-state index contributed by atoms with van der Waals surface area (Å²) < 4.78 is 5.22. The SMILES string of the molecule is N#CCOc1cccc(CC(=O)NCC2(O)CCCCC2)c1. The number of aliphatic hydroxyl groups is 1. The van der Waals surface area contributed by atoms with E-state index in [0.717, 1.165) is 37.7 Å². The third-order valence-electron chi connectivity index (χ3n) is 3.97. The molecule has 0 radical (unpaired) electrons. The van der Waals surface area contributed by atoms with Crippen molar-refractivity contribution in [1.82, 2.24) is 5.32 Å². The van der Waals surface area contributed by atoms with Crippen molar-refractivity contribution in [2.75, 3.05) is 13.2 Å². The standard InChI is InChI=1S/C17H22N2O3/c18-9-10-22-15-6-4-5-14(11-15)12-16(20)19-13-17(21)7-2-1-3-8-17/h4-6,11,21H,1-3,7-8,10,12-13H2,(H,19,20). The molecule has 22 heavy (non-hydrogen) atoms. The number of carbonyl (C=O) groups is 1. The van der Waals surface area contributed by atoms with E-state index in [1.54, 1.807) is 18.2 Å². The summed E-state index contributed by atoms with van der Waals surface area (Å²) in [5.74, 6) is 0.467. The second kappa shape index (κ2) is 7.81. The van der Waals surface area contributed by atoms with Crippen molar-refractivity contribution in [1.29, 1.82) is 5.26 Å². The molecule has 1 aromatic carbocycles. The maximum Gasteiger partial charge on any atom is 0.224 e. The predicted molar refractivity (Wildman–Crippen MR) is 82.3 cm³/mol. The molecule has 0 unspecified atom stereocenters. The first kappa shape index (κ1) is 16.3. The summed E-state index contributed by atoms with van der Waals surface area (Å²) >= 11 is 0. The van der Waals surface area contributed by atoms with Gasteiger partial charge in [0.15, 0.2) is 6.61 Å². The lowest BCUT2D eigenvalue weighted by atomic mass is 9.85. The van der Waals surface area contributed by atoms with E-state index in [2.05, 4.69) is 5.32 Å². The molecule has 0 aliphatic heterocycles. The first-order valence-electron chi connectivity index (χ1n) is 7.69. The number of carbonyl (C=O) groups excluding carboxylic acids is 1. The maximum absolute atomic E-state index is 12.0. The summed E-state index contributed by atoms with van der Waals surface area (Å²) in [5.41, 5.74) is 0.0784. The van der Waals surface area contributed by atoms with Crippen LogP contribution < -0.4 is 10.1 Å². The van der Waals surface area contributed by atoms with Crippen molar-refractivity contribution in [3.05, 3.63) is 29.8 Å². The minimum Gasteiger partial charge on any atom is -0.479 e. The topological polar surface area (TPSA) is 82.3 Å². The van der Waals surface area contributed by atoms with Crippen molar-refractivity contribution < 1.29 is 14.6 Å². The third-order valence-corrected chi connectivity index (χ3v) is 3.97. The second-order valence-corrected chi connectivity index (χ2v) is 5.83. The molecule has 1 saturated carbocycles. The first-order valence-corrected chi connectivity index (χ1v) is 7.69. The molecule has 0 saturated heterocycles. The van der Waals surface area contributed by atoms with Crippen molar-refractivity contribution in [2.45, 2.75) is 44.1 Å². The van der Waals surface area contributed by atoms with Crippen LogP contribution in [0, 0.1) is 11.3 Å². The normalized spacial score (nSPS) is 16.5. The predicted octanol–water partition coefficient (Wildman–Crippen LogP) is 1.94. The number of ether oxygens (including phenoxy) is 1. The lowest BCUT2D eigenvalue weighted by molar-refractivity contribution is -0.122. The highest BCUT2D eigenvalue weighted by Crippen LogP contribution is 2.27. The van der Waals surface area contributed by atoms with E-state index in [-0.39, 0.29) is 18.9 Å². The summed E-state index contributed by atoms with van der Waals surface area (Å²) in [4.78, 5) is 12.0. The van der Waals surface area contributed by atoms with Crippen LogP contribution in [0.3, 0.4) is 0 Å². The summed E-state index contributed by atoms with van der Waals surface area (Å²) in [5, 5.41) is 21.7. The molecule has 2 N–H and O–H groups in total. The molecule has 1 fully saturated rings. The van der Waals surface area contributed by atoms with Gasteiger partial charge < -0.3 is 15.2 Å². The Balaban J connectivity index is 1.82. The quantitative estimate of drug-likeness (QED) is 0.841. The highest BCUT2D eigenvalue weighted by atomic mass is 16.5. The van der Waals surface area contributed by atoms with Crippen LogP contribution in [0.2, 0.25) is 0 Å². The Morgan fingerprint density at radius 1 is 1.36 bits per heavy atom. The van der Waals surface area contributed by atoms with Gasteiger partial charge in [0, 0.05) is 6.54 Å². The van der Waals surface area contributed by atoms with Gasteiger partial charge in [-0.05, 0) is 30.5 Å². The van der Waals surface area contributed by atoms with E-state index >= 15 is 0 Å². The van der Waals surface area contributed by atoms with E-state index in [1.165, 1.54) is 0 Å². The zero-order valence-electron chi connectivity index (χ0n) is 12.7. The average Bonchev–Trinajstić information content (AvgIpc) is 2.52. The zero-order chi connectivity index (χ0) is 15.8. The van der Waals surface area contributed by atoms with Crippen LogP contribution in [0.15, 0.2) is 24.3 Å². The molecule has 0 bridgehead atoms. The number of rotatable bonds is 6. The van der Waals surface area contributed by atoms with E-state index in [9.17, 15) is 9.90 Å². The van der Waals surface area contributed by atoms with Crippen LogP contribution in [0.5, 0.6) is 5.75 Å². The second-order valence-electron chi connectivity index (χ2n) is 5.83. The fourth-order valence-corrected chi connectivity index (χ4v) is 2.76. The Bertz CT molecular complexity index is 545. The monoisotopic (exact) mass is 302 g/mol. The molecule has 1 aromatic rings. The van der Waals surface area contributed by atoms with Crippen molar-refractivity contribution >= 4 is 5.91 Å². The fraction of sp³-hybridized carbons (Fsp3) is 0.529. The highest BCUT2D eigenvalue weighted by molar-refractivity contribution is 5.78. The molecule has 0 heterocycles. The summed E-state index contributed by atoms with van der Waals surface area (Å²) in [6.45, 7) is 0.305. The Hall–Kier alpha value is -2.06. The van der Waals surface area contributed by atoms with Gasteiger partial charge in [0.1, 0.15) is 11.8 Å². The van der Waals surface area contributed by atoms with Gasteiger partial charge in [-0.25, -0.2) is 0 Å². The molecule has 1 amide bonds. The zero-order valence-corrected chi connectivity index (χ0v) is 12.7. The Morgan fingerprint density at radius 3 is 2.86 bits per heavy atom. The van der Waals surface area contributed by atoms with E-state index in [1.807, 2.05) is 12.1 Å². The van der Waals surface area contributed by atoms with Crippen molar-refractivity contribution in [2.24, 2.45) is 0 Å². The van der Waals surface area contributed by atoms with Gasteiger partial charge in [-0.1, -0.05) is 31.4 Å². The number of benzene rings is 1. The number of nitrogens with zero attached hydrogens (tertiary/aromatic N) is 1. The first-order chi connectivity index (χ1) is 10.6. The molecular weight excluding hydrogens is 280 g/mol. The molecule has 0 aromatic heterocycles. The lowest BCUT2D eigenvalue weighted by Crippen LogP contribution is -2.44.